The largest absolute Gasteiger partial charge is 0.506 e. The van der Waals surface area contributed by atoms with Gasteiger partial charge in [0.15, 0.2) is 0 Å². The molecule has 1 fully saturated rings. The molecule has 0 unspecified atom stereocenters. The number of unbranched alkanes of at least 4 members (excludes halogenated alkanes) is 2. The molecule has 0 atom stereocenters. The standard InChI is InChI=1S/C32H42ClN3O3/c33-26-11-8-9-24(23-26)18-20-34-21-19-31(39)36(27-12-5-1-2-6-13-27)22-7-3-4-10-25-14-16-29(37)32-28(25)15-17-30(38)35-32/h8-9,11,14-17,23,27,34,37H,1-7,10,12-13,18-22H2,(H,35,38). The number of aromatic amines is 1. The van der Waals surface area contributed by atoms with Crippen LogP contribution in [0.1, 0.15) is 75.3 Å². The average molecular weight is 552 g/mol. The fraction of sp³-hybridized carbons (Fsp3) is 0.500. The number of nitrogens with zero attached hydrogens (tertiary/aromatic N) is 1. The Hall–Kier alpha value is -2.83. The number of halogens is 1. The van der Waals surface area contributed by atoms with Gasteiger partial charge < -0.3 is 20.3 Å². The molecule has 210 valence electrons. The molecule has 3 N–H and O–H groups in total. The highest BCUT2D eigenvalue weighted by Gasteiger charge is 2.24. The fourth-order valence-corrected chi connectivity index (χ4v) is 5.97. The molecule has 2 aromatic carbocycles. The molecule has 0 spiro atoms. The SMILES string of the molecule is O=C(CCNCCc1cccc(Cl)c1)N(CCCCCc1ccc(O)c2[nH]c(=O)ccc12)C1CCCCCC1. The van der Waals surface area contributed by atoms with E-state index < -0.39 is 0 Å². The first-order chi connectivity index (χ1) is 19.0. The maximum absolute atomic E-state index is 13.3. The first kappa shape index (κ1) is 29.2. The number of benzene rings is 2. The number of aryl methyl sites for hydroxylation is 1. The summed E-state index contributed by atoms with van der Waals surface area (Å²) in [5, 5.41) is 15.2. The van der Waals surface area contributed by atoms with Crippen molar-refractivity contribution in [1.82, 2.24) is 15.2 Å². The van der Waals surface area contributed by atoms with Gasteiger partial charge in [-0.1, -0.05) is 61.9 Å². The van der Waals surface area contributed by atoms with E-state index in [9.17, 15) is 14.7 Å². The van der Waals surface area contributed by atoms with Crippen LogP contribution in [-0.2, 0) is 17.6 Å². The number of amides is 1. The molecular formula is C32H42ClN3O3. The maximum atomic E-state index is 13.3. The Morgan fingerprint density at radius 1 is 0.974 bits per heavy atom. The van der Waals surface area contributed by atoms with Crippen LogP contribution in [-0.4, -0.2) is 46.6 Å². The highest BCUT2D eigenvalue weighted by Crippen LogP contribution is 2.26. The van der Waals surface area contributed by atoms with E-state index in [0.717, 1.165) is 74.0 Å². The molecule has 4 rings (SSSR count). The molecule has 1 saturated carbocycles. The van der Waals surface area contributed by atoms with E-state index in [1.54, 1.807) is 12.1 Å². The first-order valence-corrected chi connectivity index (χ1v) is 15.0. The number of carbonyl (C=O) groups excluding carboxylic acids is 1. The Labute approximate surface area is 236 Å². The van der Waals surface area contributed by atoms with Crippen LogP contribution < -0.4 is 10.9 Å². The normalized spacial score (nSPS) is 14.4. The van der Waals surface area contributed by atoms with Crippen LogP contribution in [0.5, 0.6) is 5.75 Å². The average Bonchev–Trinajstić information content (AvgIpc) is 3.21. The third-order valence-electron chi connectivity index (χ3n) is 7.89. The molecule has 0 saturated heterocycles. The second-order valence-electron chi connectivity index (χ2n) is 10.8. The van der Waals surface area contributed by atoms with E-state index in [1.807, 2.05) is 24.3 Å². The second kappa shape index (κ2) is 15.1. The Kier molecular flexibility index (Phi) is 11.3. The number of rotatable bonds is 13. The van der Waals surface area contributed by atoms with Crippen molar-refractivity contribution in [3.63, 3.8) is 0 Å². The molecule has 1 aromatic heterocycles. The van der Waals surface area contributed by atoms with E-state index in [-0.39, 0.29) is 17.2 Å². The summed E-state index contributed by atoms with van der Waals surface area (Å²) in [7, 11) is 0. The van der Waals surface area contributed by atoms with E-state index in [2.05, 4.69) is 21.3 Å². The molecule has 1 amide bonds. The highest BCUT2D eigenvalue weighted by molar-refractivity contribution is 6.30. The smallest absolute Gasteiger partial charge is 0.248 e. The number of hydrogen-bond acceptors (Lipinski definition) is 4. The fourth-order valence-electron chi connectivity index (χ4n) is 5.76. The van der Waals surface area contributed by atoms with Crippen molar-refractivity contribution in [1.29, 1.82) is 0 Å². The van der Waals surface area contributed by atoms with Crippen LogP contribution in [0.3, 0.4) is 0 Å². The van der Waals surface area contributed by atoms with Gasteiger partial charge in [0.25, 0.3) is 0 Å². The van der Waals surface area contributed by atoms with Crippen LogP contribution in [0.15, 0.2) is 53.3 Å². The number of fused-ring (bicyclic) bond motifs is 1. The Morgan fingerprint density at radius 3 is 2.59 bits per heavy atom. The molecule has 0 bridgehead atoms. The van der Waals surface area contributed by atoms with E-state index in [1.165, 1.54) is 37.3 Å². The van der Waals surface area contributed by atoms with Crippen molar-refractivity contribution >= 4 is 28.4 Å². The lowest BCUT2D eigenvalue weighted by Gasteiger charge is -2.31. The second-order valence-corrected chi connectivity index (χ2v) is 11.2. The molecule has 0 radical (unpaired) electrons. The zero-order chi connectivity index (χ0) is 27.5. The minimum Gasteiger partial charge on any atom is -0.506 e. The number of nitrogens with one attached hydrogen (secondary N) is 2. The number of carbonyl (C=O) groups is 1. The molecule has 0 aliphatic heterocycles. The van der Waals surface area contributed by atoms with Crippen LogP contribution >= 0.6 is 11.6 Å². The number of H-pyrrole nitrogens is 1. The number of phenols is 1. The Bertz CT molecular complexity index is 1270. The lowest BCUT2D eigenvalue weighted by atomic mass is 10.0. The van der Waals surface area contributed by atoms with Crippen molar-refractivity contribution in [3.8, 4) is 5.75 Å². The van der Waals surface area contributed by atoms with Crippen molar-refractivity contribution < 1.29 is 9.90 Å². The highest BCUT2D eigenvalue weighted by atomic mass is 35.5. The number of aromatic nitrogens is 1. The van der Waals surface area contributed by atoms with Gasteiger partial charge in [-0.05, 0) is 80.5 Å². The monoisotopic (exact) mass is 551 g/mol. The summed E-state index contributed by atoms with van der Waals surface area (Å²) in [6.07, 6.45) is 12.5. The topological polar surface area (TPSA) is 85.4 Å². The number of aromatic hydroxyl groups is 1. The molecule has 1 heterocycles. The zero-order valence-electron chi connectivity index (χ0n) is 22.9. The Balaban J connectivity index is 1.25. The summed E-state index contributed by atoms with van der Waals surface area (Å²) in [5.41, 5.74) is 2.62. The Morgan fingerprint density at radius 2 is 1.79 bits per heavy atom. The number of pyridine rings is 1. The molecule has 3 aromatic rings. The molecule has 6 nitrogen and oxygen atoms in total. The van der Waals surface area contributed by atoms with Gasteiger partial charge in [-0.2, -0.15) is 0 Å². The summed E-state index contributed by atoms with van der Waals surface area (Å²) in [5.74, 6) is 0.369. The van der Waals surface area contributed by atoms with Crippen LogP contribution in [0.4, 0.5) is 0 Å². The van der Waals surface area contributed by atoms with Gasteiger partial charge >= 0.3 is 0 Å². The number of hydrogen-bond donors (Lipinski definition) is 3. The van der Waals surface area contributed by atoms with Gasteiger partial charge in [0, 0.05) is 42.0 Å². The summed E-state index contributed by atoms with van der Waals surface area (Å²) in [6, 6.07) is 15.2. The summed E-state index contributed by atoms with van der Waals surface area (Å²) < 4.78 is 0. The predicted octanol–water partition coefficient (Wildman–Crippen LogP) is 6.37. The molecular weight excluding hydrogens is 510 g/mol. The van der Waals surface area contributed by atoms with Crippen molar-refractivity contribution in [2.24, 2.45) is 0 Å². The lowest BCUT2D eigenvalue weighted by molar-refractivity contribution is -0.133. The van der Waals surface area contributed by atoms with Gasteiger partial charge in [0.2, 0.25) is 11.5 Å². The van der Waals surface area contributed by atoms with Crippen LogP contribution in [0.25, 0.3) is 10.9 Å². The quantitative estimate of drug-likeness (QED) is 0.170. The summed E-state index contributed by atoms with van der Waals surface area (Å²) in [4.78, 5) is 29.9. The first-order valence-electron chi connectivity index (χ1n) is 14.6. The third-order valence-corrected chi connectivity index (χ3v) is 8.12. The number of phenolic OH excluding ortho intramolecular Hbond substituents is 1. The molecule has 1 aliphatic carbocycles. The van der Waals surface area contributed by atoms with E-state index >= 15 is 0 Å². The minimum absolute atomic E-state index is 0.1000. The maximum Gasteiger partial charge on any atom is 0.248 e. The molecule has 7 heteroatoms. The van der Waals surface area contributed by atoms with Gasteiger partial charge in [-0.3, -0.25) is 9.59 Å². The summed E-state index contributed by atoms with van der Waals surface area (Å²) in [6.45, 7) is 2.34. The van der Waals surface area contributed by atoms with Crippen molar-refractivity contribution in [2.45, 2.75) is 83.1 Å². The van der Waals surface area contributed by atoms with Crippen molar-refractivity contribution in [3.05, 3.63) is 75.0 Å². The van der Waals surface area contributed by atoms with Crippen LogP contribution in [0.2, 0.25) is 5.02 Å². The van der Waals surface area contributed by atoms with Crippen molar-refractivity contribution in [2.75, 3.05) is 19.6 Å². The summed E-state index contributed by atoms with van der Waals surface area (Å²) >= 11 is 6.08. The molecule has 39 heavy (non-hydrogen) atoms. The predicted molar refractivity (Wildman–Crippen MR) is 160 cm³/mol. The van der Waals surface area contributed by atoms with Crippen LogP contribution in [0, 0.1) is 0 Å². The van der Waals surface area contributed by atoms with E-state index in [4.69, 9.17) is 11.6 Å². The van der Waals surface area contributed by atoms with Gasteiger partial charge in [0.1, 0.15) is 5.75 Å². The zero-order valence-corrected chi connectivity index (χ0v) is 23.6. The third kappa shape index (κ3) is 8.84. The van der Waals surface area contributed by atoms with Gasteiger partial charge in [0.05, 0.1) is 5.52 Å². The van der Waals surface area contributed by atoms with Gasteiger partial charge in [-0.25, -0.2) is 0 Å². The van der Waals surface area contributed by atoms with Gasteiger partial charge in [-0.15, -0.1) is 0 Å². The molecule has 1 aliphatic rings. The van der Waals surface area contributed by atoms with E-state index in [0.29, 0.717) is 24.5 Å². The lowest BCUT2D eigenvalue weighted by Crippen LogP contribution is -2.42. The minimum atomic E-state index is -0.213.